The van der Waals surface area contributed by atoms with Crippen LogP contribution in [0.15, 0.2) is 30.4 Å². The molecule has 0 aromatic heterocycles. The molecule has 1 saturated heterocycles. The van der Waals surface area contributed by atoms with Gasteiger partial charge in [-0.1, -0.05) is 30.4 Å². The van der Waals surface area contributed by atoms with Gasteiger partial charge in [-0.15, -0.1) is 0 Å². The zero-order chi connectivity index (χ0) is 19.1. The molecule has 2 bridgehead atoms. The van der Waals surface area contributed by atoms with Gasteiger partial charge in [0.1, 0.15) is 0 Å². The first-order chi connectivity index (χ1) is 13.0. The van der Waals surface area contributed by atoms with Crippen molar-refractivity contribution in [2.24, 2.45) is 23.7 Å². The van der Waals surface area contributed by atoms with Crippen molar-refractivity contribution < 1.29 is 14.4 Å². The van der Waals surface area contributed by atoms with Crippen LogP contribution in [0.3, 0.4) is 0 Å². The number of aryl methyl sites for hydroxylation is 2. The maximum Gasteiger partial charge on any atom is 0.319 e. The summed E-state index contributed by atoms with van der Waals surface area (Å²) in [6, 6.07) is 5.49. The summed E-state index contributed by atoms with van der Waals surface area (Å²) in [7, 11) is 0. The largest absolute Gasteiger partial charge is 0.336 e. The van der Waals surface area contributed by atoms with Crippen molar-refractivity contribution in [3.63, 3.8) is 0 Å². The van der Waals surface area contributed by atoms with Gasteiger partial charge in [0.2, 0.25) is 11.8 Å². The smallest absolute Gasteiger partial charge is 0.319 e. The topological polar surface area (TPSA) is 78.5 Å². The molecule has 3 aliphatic carbocycles. The van der Waals surface area contributed by atoms with Gasteiger partial charge in [-0.25, -0.2) is 4.79 Å². The quantitative estimate of drug-likeness (QED) is 0.634. The number of nitrogens with one attached hydrogen (secondary N) is 2. The zero-order valence-corrected chi connectivity index (χ0v) is 15.7. The summed E-state index contributed by atoms with van der Waals surface area (Å²) >= 11 is 0. The molecule has 0 unspecified atom stereocenters. The highest BCUT2D eigenvalue weighted by Crippen LogP contribution is 2.49. The van der Waals surface area contributed by atoms with E-state index in [-0.39, 0.29) is 54.6 Å². The van der Waals surface area contributed by atoms with Gasteiger partial charge in [0, 0.05) is 18.8 Å². The first-order valence-corrected chi connectivity index (χ1v) is 9.62. The lowest BCUT2D eigenvalue weighted by Crippen LogP contribution is -2.40. The van der Waals surface area contributed by atoms with Gasteiger partial charge in [-0.2, -0.15) is 0 Å². The standard InChI is InChI=1S/C21H25N3O3/c1-12-4-3-5-13(2)18(12)23-21(27)22-10-11-24-19(25)16-14-6-7-15(9-8-14)17(16)20(24)26/h3-7,14-17H,8-11H2,1-2H3,(H2,22,23,27)/t14-,15-,16-,17-/m0/s1. The van der Waals surface area contributed by atoms with E-state index >= 15 is 0 Å². The molecule has 1 heterocycles. The van der Waals surface area contributed by atoms with Crippen LogP contribution in [0.2, 0.25) is 0 Å². The fourth-order valence-electron chi connectivity index (χ4n) is 4.81. The summed E-state index contributed by atoms with van der Waals surface area (Å²) in [5, 5.41) is 5.61. The van der Waals surface area contributed by atoms with Crippen LogP contribution in [0.1, 0.15) is 24.0 Å². The third-order valence-corrected chi connectivity index (χ3v) is 6.19. The first-order valence-electron chi connectivity index (χ1n) is 9.62. The van der Waals surface area contributed by atoms with Gasteiger partial charge in [0.15, 0.2) is 0 Å². The van der Waals surface area contributed by atoms with Gasteiger partial charge in [-0.3, -0.25) is 14.5 Å². The lowest BCUT2D eigenvalue weighted by molar-refractivity contribution is -0.140. The van der Waals surface area contributed by atoms with E-state index < -0.39 is 0 Å². The predicted molar refractivity (Wildman–Crippen MR) is 102 cm³/mol. The van der Waals surface area contributed by atoms with Crippen LogP contribution in [0.5, 0.6) is 0 Å². The van der Waals surface area contributed by atoms with E-state index in [1.165, 1.54) is 4.90 Å². The van der Waals surface area contributed by atoms with Crippen molar-refractivity contribution in [3.8, 4) is 0 Å². The average molecular weight is 367 g/mol. The molecule has 142 valence electrons. The van der Waals surface area contributed by atoms with Gasteiger partial charge < -0.3 is 10.6 Å². The fraction of sp³-hybridized carbons (Fsp3) is 0.476. The summed E-state index contributed by atoms with van der Waals surface area (Å²) in [4.78, 5) is 39.0. The Kier molecular flexibility index (Phi) is 4.50. The van der Waals surface area contributed by atoms with Crippen LogP contribution in [-0.4, -0.2) is 35.8 Å². The number of amides is 4. The van der Waals surface area contributed by atoms with Gasteiger partial charge >= 0.3 is 6.03 Å². The van der Waals surface area contributed by atoms with E-state index in [1.807, 2.05) is 32.0 Å². The number of hydrogen-bond donors (Lipinski definition) is 2. The summed E-state index contributed by atoms with van der Waals surface area (Å²) < 4.78 is 0. The predicted octanol–water partition coefficient (Wildman–Crippen LogP) is 2.62. The Balaban J connectivity index is 1.34. The number of fused-ring (bicyclic) bond motifs is 1. The van der Waals surface area contributed by atoms with Crippen molar-refractivity contribution in [3.05, 3.63) is 41.5 Å². The van der Waals surface area contributed by atoms with Crippen molar-refractivity contribution in [2.45, 2.75) is 26.7 Å². The monoisotopic (exact) mass is 367 g/mol. The molecule has 6 nitrogen and oxygen atoms in total. The van der Waals surface area contributed by atoms with E-state index in [4.69, 9.17) is 0 Å². The van der Waals surface area contributed by atoms with Gasteiger partial charge in [0.25, 0.3) is 0 Å². The molecule has 6 heteroatoms. The van der Waals surface area contributed by atoms with E-state index in [0.29, 0.717) is 0 Å². The third-order valence-electron chi connectivity index (χ3n) is 6.19. The van der Waals surface area contributed by atoms with E-state index in [0.717, 1.165) is 29.7 Å². The first kappa shape index (κ1) is 17.8. The minimum Gasteiger partial charge on any atom is -0.336 e. The molecule has 5 rings (SSSR count). The van der Waals surface area contributed by atoms with E-state index in [1.54, 1.807) is 0 Å². The minimum absolute atomic E-state index is 0.0685. The molecule has 4 amide bonds. The minimum atomic E-state index is -0.328. The van der Waals surface area contributed by atoms with Gasteiger partial charge in [0.05, 0.1) is 11.8 Å². The van der Waals surface area contributed by atoms with Crippen LogP contribution in [0.25, 0.3) is 0 Å². The molecule has 1 aliphatic heterocycles. The Morgan fingerprint density at radius 3 is 2.11 bits per heavy atom. The molecule has 4 aliphatic rings. The summed E-state index contributed by atoms with van der Waals surface area (Å²) in [6.45, 7) is 4.35. The number of para-hydroxylation sites is 1. The molecule has 2 N–H and O–H groups in total. The second kappa shape index (κ2) is 6.83. The Morgan fingerprint density at radius 2 is 1.59 bits per heavy atom. The maximum absolute atomic E-state index is 12.7. The average Bonchev–Trinajstić information content (AvgIpc) is 2.93. The fourth-order valence-corrected chi connectivity index (χ4v) is 4.81. The summed E-state index contributed by atoms with van der Waals surface area (Å²) in [5.74, 6) is -0.125. The maximum atomic E-state index is 12.7. The Bertz CT molecular complexity index is 780. The lowest BCUT2D eigenvalue weighted by atomic mass is 9.63. The number of benzene rings is 1. The third kappa shape index (κ3) is 3.03. The zero-order valence-electron chi connectivity index (χ0n) is 15.7. The van der Waals surface area contributed by atoms with Crippen molar-refractivity contribution >= 4 is 23.5 Å². The highest BCUT2D eigenvalue weighted by molar-refractivity contribution is 6.06. The van der Waals surface area contributed by atoms with Crippen molar-refractivity contribution in [1.82, 2.24) is 10.2 Å². The number of carbonyl (C=O) groups excluding carboxylic acids is 3. The number of hydrogen-bond acceptors (Lipinski definition) is 3. The number of carbonyl (C=O) groups is 3. The molecule has 2 fully saturated rings. The highest BCUT2D eigenvalue weighted by Gasteiger charge is 2.56. The second-order valence-electron chi connectivity index (χ2n) is 7.82. The second-order valence-corrected chi connectivity index (χ2v) is 7.82. The van der Waals surface area contributed by atoms with E-state index in [2.05, 4.69) is 22.8 Å². The number of rotatable bonds is 4. The number of imide groups is 1. The van der Waals surface area contributed by atoms with Gasteiger partial charge in [-0.05, 0) is 49.7 Å². The summed E-state index contributed by atoms with van der Waals surface area (Å²) in [6.07, 6.45) is 6.21. The highest BCUT2D eigenvalue weighted by atomic mass is 16.2. The number of nitrogens with zero attached hydrogens (tertiary/aromatic N) is 1. The van der Waals surface area contributed by atoms with Crippen LogP contribution >= 0.6 is 0 Å². The van der Waals surface area contributed by atoms with Crippen LogP contribution in [0.4, 0.5) is 10.5 Å². The molecule has 0 spiro atoms. The summed E-state index contributed by atoms with van der Waals surface area (Å²) in [5.41, 5.74) is 2.76. The van der Waals surface area contributed by atoms with Crippen molar-refractivity contribution in [1.29, 1.82) is 0 Å². The van der Waals surface area contributed by atoms with Crippen LogP contribution < -0.4 is 10.6 Å². The normalized spacial score (nSPS) is 28.4. The molecular weight excluding hydrogens is 342 g/mol. The molecular formula is C21H25N3O3. The SMILES string of the molecule is Cc1cccc(C)c1NC(=O)NCCN1C(=O)[C@@H]2[C@@H](C1=O)[C@H]1C=C[C@H]2CC1. The Morgan fingerprint density at radius 1 is 1.04 bits per heavy atom. The number of likely N-dealkylation sites (tertiary alicyclic amines) is 1. The number of urea groups is 1. The molecule has 0 radical (unpaired) electrons. The molecule has 4 atom stereocenters. The molecule has 1 aromatic rings. The lowest BCUT2D eigenvalue weighted by Gasteiger charge is -2.38. The Hall–Kier alpha value is -2.63. The van der Waals surface area contributed by atoms with E-state index in [9.17, 15) is 14.4 Å². The van der Waals surface area contributed by atoms with Crippen molar-refractivity contribution in [2.75, 3.05) is 18.4 Å². The molecule has 1 saturated carbocycles. The Labute approximate surface area is 159 Å². The number of allylic oxidation sites excluding steroid dienone is 2. The van der Waals surface area contributed by atoms with Crippen LogP contribution in [0, 0.1) is 37.5 Å². The number of anilines is 1. The molecule has 1 aromatic carbocycles. The molecule has 27 heavy (non-hydrogen) atoms. The van der Waals surface area contributed by atoms with Crippen LogP contribution in [-0.2, 0) is 9.59 Å².